The molecule has 2 nitrogen and oxygen atoms in total. The molecule has 0 aromatic rings. The molecule has 0 saturated carbocycles. The van der Waals surface area contributed by atoms with Gasteiger partial charge >= 0.3 is 0 Å². The largest absolute Gasteiger partial charge is 0.352 e. The van der Waals surface area contributed by atoms with E-state index in [1.165, 1.54) is 19.3 Å². The van der Waals surface area contributed by atoms with Gasteiger partial charge < -0.3 is 9.47 Å². The third-order valence-electron chi connectivity index (χ3n) is 2.49. The third kappa shape index (κ3) is 4.43. The highest BCUT2D eigenvalue weighted by Gasteiger charge is 2.28. The van der Waals surface area contributed by atoms with Crippen LogP contribution < -0.4 is 0 Å². The van der Waals surface area contributed by atoms with Crippen molar-refractivity contribution >= 4 is 0 Å². The Balaban J connectivity index is 2.20. The second-order valence-corrected chi connectivity index (χ2v) is 5.24. The zero-order valence-electron chi connectivity index (χ0n) is 10.0. The van der Waals surface area contributed by atoms with Crippen LogP contribution in [0.4, 0.5) is 0 Å². The molecule has 1 aliphatic heterocycles. The lowest BCUT2D eigenvalue weighted by Crippen LogP contribution is -2.26. The highest BCUT2D eigenvalue weighted by atomic mass is 16.7. The summed E-state index contributed by atoms with van der Waals surface area (Å²) in [7, 11) is 0. The molecule has 0 aliphatic carbocycles. The summed E-state index contributed by atoms with van der Waals surface area (Å²) < 4.78 is 11.4. The van der Waals surface area contributed by atoms with E-state index in [4.69, 9.17) is 9.47 Å². The fourth-order valence-corrected chi connectivity index (χ4v) is 1.82. The van der Waals surface area contributed by atoms with Gasteiger partial charge in [-0.25, -0.2) is 0 Å². The standard InChI is InChI=1S/C12H24O2/c1-5-6-7-10-8-11(13-9-10)14-12(2,3)4/h10-11H,5-9H2,1-4H3/t10-,11+/m0/s1. The molecule has 1 rings (SSSR count). The Morgan fingerprint density at radius 1 is 1.36 bits per heavy atom. The minimum Gasteiger partial charge on any atom is -0.352 e. The fraction of sp³-hybridized carbons (Fsp3) is 1.00. The molecule has 0 unspecified atom stereocenters. The van der Waals surface area contributed by atoms with Crippen molar-refractivity contribution in [3.63, 3.8) is 0 Å². The molecule has 0 aromatic heterocycles. The Morgan fingerprint density at radius 3 is 2.64 bits per heavy atom. The van der Waals surface area contributed by atoms with E-state index in [9.17, 15) is 0 Å². The van der Waals surface area contributed by atoms with Gasteiger partial charge in [0.15, 0.2) is 6.29 Å². The van der Waals surface area contributed by atoms with E-state index in [0.29, 0.717) is 0 Å². The van der Waals surface area contributed by atoms with Crippen molar-refractivity contribution in [3.05, 3.63) is 0 Å². The lowest BCUT2D eigenvalue weighted by Gasteiger charge is -2.23. The van der Waals surface area contributed by atoms with Crippen LogP contribution in [-0.2, 0) is 9.47 Å². The molecule has 1 saturated heterocycles. The summed E-state index contributed by atoms with van der Waals surface area (Å²) in [6.45, 7) is 9.36. The van der Waals surface area contributed by atoms with Crippen molar-refractivity contribution in [1.82, 2.24) is 0 Å². The van der Waals surface area contributed by atoms with Gasteiger partial charge in [-0.05, 0) is 33.1 Å². The second kappa shape index (κ2) is 5.13. The first kappa shape index (κ1) is 12.0. The Morgan fingerprint density at radius 2 is 2.07 bits per heavy atom. The van der Waals surface area contributed by atoms with Crippen molar-refractivity contribution < 1.29 is 9.47 Å². The monoisotopic (exact) mass is 200 g/mol. The second-order valence-electron chi connectivity index (χ2n) is 5.24. The van der Waals surface area contributed by atoms with E-state index in [1.807, 2.05) is 0 Å². The molecule has 0 N–H and O–H groups in total. The first-order valence-electron chi connectivity index (χ1n) is 5.80. The van der Waals surface area contributed by atoms with Crippen molar-refractivity contribution in [2.24, 2.45) is 5.92 Å². The summed E-state index contributed by atoms with van der Waals surface area (Å²) >= 11 is 0. The molecule has 1 aliphatic rings. The molecule has 2 heteroatoms. The summed E-state index contributed by atoms with van der Waals surface area (Å²) in [6, 6.07) is 0. The van der Waals surface area contributed by atoms with Gasteiger partial charge in [-0.15, -0.1) is 0 Å². The van der Waals surface area contributed by atoms with E-state index in [1.54, 1.807) is 0 Å². The van der Waals surface area contributed by atoms with E-state index < -0.39 is 0 Å². The predicted molar refractivity (Wildman–Crippen MR) is 58.2 cm³/mol. The summed E-state index contributed by atoms with van der Waals surface area (Å²) in [5, 5.41) is 0. The van der Waals surface area contributed by atoms with E-state index >= 15 is 0 Å². The predicted octanol–water partition coefficient (Wildman–Crippen LogP) is 3.35. The average Bonchev–Trinajstić information content (AvgIpc) is 2.46. The minimum atomic E-state index is -0.0791. The fourth-order valence-electron chi connectivity index (χ4n) is 1.82. The van der Waals surface area contributed by atoms with Crippen LogP contribution in [-0.4, -0.2) is 18.5 Å². The van der Waals surface area contributed by atoms with E-state index in [2.05, 4.69) is 27.7 Å². The minimum absolute atomic E-state index is 0.0388. The lowest BCUT2D eigenvalue weighted by atomic mass is 10.0. The van der Waals surface area contributed by atoms with Crippen LogP contribution in [0.3, 0.4) is 0 Å². The maximum Gasteiger partial charge on any atom is 0.158 e. The normalized spacial score (nSPS) is 28.3. The molecule has 14 heavy (non-hydrogen) atoms. The Bertz CT molecular complexity index is 160. The quantitative estimate of drug-likeness (QED) is 0.693. The van der Waals surface area contributed by atoms with Crippen molar-refractivity contribution in [3.8, 4) is 0 Å². The van der Waals surface area contributed by atoms with Crippen LogP contribution in [0.15, 0.2) is 0 Å². The smallest absolute Gasteiger partial charge is 0.158 e. The molecule has 0 aromatic carbocycles. The van der Waals surface area contributed by atoms with Gasteiger partial charge in [0.05, 0.1) is 12.2 Å². The van der Waals surface area contributed by atoms with Gasteiger partial charge in [-0.3, -0.25) is 0 Å². The molecule has 0 spiro atoms. The van der Waals surface area contributed by atoms with E-state index in [0.717, 1.165) is 18.9 Å². The lowest BCUT2D eigenvalue weighted by molar-refractivity contribution is -0.171. The van der Waals surface area contributed by atoms with Gasteiger partial charge in [0.2, 0.25) is 0 Å². The molecule has 0 bridgehead atoms. The maximum atomic E-state index is 5.79. The summed E-state index contributed by atoms with van der Waals surface area (Å²) in [4.78, 5) is 0. The molecular formula is C12H24O2. The van der Waals surface area contributed by atoms with Gasteiger partial charge in [0, 0.05) is 6.42 Å². The van der Waals surface area contributed by atoms with Crippen molar-refractivity contribution in [2.75, 3.05) is 6.61 Å². The summed E-state index contributed by atoms with van der Waals surface area (Å²) in [5.74, 6) is 0.724. The Kier molecular flexibility index (Phi) is 4.39. The SMILES string of the molecule is CCCC[C@@H]1CO[C@H](OC(C)(C)C)C1. The zero-order chi connectivity index (χ0) is 10.6. The molecule has 2 atom stereocenters. The van der Waals surface area contributed by atoms with Crippen LogP contribution >= 0.6 is 0 Å². The number of ether oxygens (including phenoxy) is 2. The van der Waals surface area contributed by atoms with Crippen LogP contribution in [0.2, 0.25) is 0 Å². The number of hydrogen-bond donors (Lipinski definition) is 0. The first-order chi connectivity index (χ1) is 6.51. The number of rotatable bonds is 4. The van der Waals surface area contributed by atoms with Crippen LogP contribution in [0.25, 0.3) is 0 Å². The van der Waals surface area contributed by atoms with Crippen LogP contribution in [0, 0.1) is 5.92 Å². The highest BCUT2D eigenvalue weighted by molar-refractivity contribution is 4.71. The van der Waals surface area contributed by atoms with Gasteiger partial charge in [0.1, 0.15) is 0 Å². The molecular weight excluding hydrogens is 176 g/mol. The Hall–Kier alpha value is -0.0800. The van der Waals surface area contributed by atoms with Crippen molar-refractivity contribution in [1.29, 1.82) is 0 Å². The van der Waals surface area contributed by atoms with Crippen molar-refractivity contribution in [2.45, 2.75) is 65.3 Å². The third-order valence-corrected chi connectivity index (χ3v) is 2.49. The van der Waals surface area contributed by atoms with Gasteiger partial charge in [-0.2, -0.15) is 0 Å². The average molecular weight is 200 g/mol. The maximum absolute atomic E-state index is 5.79. The Labute approximate surface area is 88.0 Å². The molecule has 1 fully saturated rings. The molecule has 1 heterocycles. The first-order valence-corrected chi connectivity index (χ1v) is 5.80. The molecule has 0 amide bonds. The van der Waals surface area contributed by atoms with Crippen LogP contribution in [0.1, 0.15) is 53.4 Å². The summed E-state index contributed by atoms with van der Waals surface area (Å²) in [5.41, 5.74) is -0.0791. The summed E-state index contributed by atoms with van der Waals surface area (Å²) in [6.07, 6.45) is 5.01. The van der Waals surface area contributed by atoms with Crippen LogP contribution in [0.5, 0.6) is 0 Å². The van der Waals surface area contributed by atoms with Gasteiger partial charge in [0.25, 0.3) is 0 Å². The molecule has 0 radical (unpaired) electrons. The topological polar surface area (TPSA) is 18.5 Å². The number of unbranched alkanes of at least 4 members (excludes halogenated alkanes) is 1. The van der Waals surface area contributed by atoms with E-state index in [-0.39, 0.29) is 11.9 Å². The zero-order valence-corrected chi connectivity index (χ0v) is 10.0. The highest BCUT2D eigenvalue weighted by Crippen LogP contribution is 2.27. The number of hydrogen-bond acceptors (Lipinski definition) is 2. The molecule has 84 valence electrons. The van der Waals surface area contributed by atoms with Gasteiger partial charge in [-0.1, -0.05) is 19.8 Å².